The van der Waals surface area contributed by atoms with Crippen LogP contribution in [0.4, 0.5) is 4.39 Å². The Balaban J connectivity index is 0.00000289. The highest BCUT2D eigenvalue weighted by Crippen LogP contribution is 2.32. The standard InChI is InChI=1S/C23H23FN4O3.HI/c1-2-26-23(28-13-17-6-8-21-22(11-17)30-15-29-21)27-12-16-5-7-20(19(24)10-16)31-18-4-3-9-25-14-18;/h3-11,14H,2,12-13,15H2,1H3,(H2,26,27,28);1H. The summed E-state index contributed by atoms with van der Waals surface area (Å²) in [5.41, 5.74) is 1.77. The third-order valence-electron chi connectivity index (χ3n) is 4.52. The number of pyridine rings is 1. The topological polar surface area (TPSA) is 77.0 Å². The molecule has 0 amide bonds. The summed E-state index contributed by atoms with van der Waals surface area (Å²) in [6, 6.07) is 14.1. The fourth-order valence-corrected chi connectivity index (χ4v) is 3.01. The highest BCUT2D eigenvalue weighted by atomic mass is 127. The molecule has 0 fully saturated rings. The van der Waals surface area contributed by atoms with E-state index in [0.29, 0.717) is 31.3 Å². The first kappa shape index (κ1) is 23.6. The number of nitrogens with one attached hydrogen (secondary N) is 2. The lowest BCUT2D eigenvalue weighted by Gasteiger charge is -2.12. The fraction of sp³-hybridized carbons (Fsp3) is 0.217. The number of hydrogen-bond acceptors (Lipinski definition) is 5. The first-order valence-electron chi connectivity index (χ1n) is 9.98. The van der Waals surface area contributed by atoms with Crippen molar-refractivity contribution in [3.05, 3.63) is 77.9 Å². The number of guanidine groups is 1. The monoisotopic (exact) mass is 550 g/mol. The van der Waals surface area contributed by atoms with Gasteiger partial charge in [-0.25, -0.2) is 9.38 Å². The largest absolute Gasteiger partial charge is 0.454 e. The van der Waals surface area contributed by atoms with Crippen LogP contribution in [0.3, 0.4) is 0 Å². The Morgan fingerprint density at radius 2 is 1.94 bits per heavy atom. The Morgan fingerprint density at radius 1 is 1.09 bits per heavy atom. The van der Waals surface area contributed by atoms with Gasteiger partial charge in [0.05, 0.1) is 12.7 Å². The van der Waals surface area contributed by atoms with E-state index >= 15 is 0 Å². The average molecular weight is 550 g/mol. The lowest BCUT2D eigenvalue weighted by molar-refractivity contribution is 0.174. The smallest absolute Gasteiger partial charge is 0.231 e. The molecule has 168 valence electrons. The summed E-state index contributed by atoms with van der Waals surface area (Å²) in [7, 11) is 0. The average Bonchev–Trinajstić information content (AvgIpc) is 3.26. The number of rotatable bonds is 7. The number of halogens is 2. The Morgan fingerprint density at radius 3 is 2.72 bits per heavy atom. The van der Waals surface area contributed by atoms with E-state index < -0.39 is 5.82 Å². The molecule has 32 heavy (non-hydrogen) atoms. The van der Waals surface area contributed by atoms with E-state index in [1.165, 1.54) is 12.3 Å². The quantitative estimate of drug-likeness (QED) is 0.254. The van der Waals surface area contributed by atoms with Crippen LogP contribution in [0.25, 0.3) is 0 Å². The third kappa shape index (κ3) is 6.22. The summed E-state index contributed by atoms with van der Waals surface area (Å²) in [5, 5.41) is 6.47. The second-order valence-electron chi connectivity index (χ2n) is 6.79. The first-order chi connectivity index (χ1) is 15.2. The van der Waals surface area contributed by atoms with Gasteiger partial charge in [-0.15, -0.1) is 24.0 Å². The van der Waals surface area contributed by atoms with Crippen LogP contribution in [-0.2, 0) is 13.1 Å². The molecule has 0 spiro atoms. The lowest BCUT2D eigenvalue weighted by Crippen LogP contribution is -2.36. The molecule has 9 heteroatoms. The van der Waals surface area contributed by atoms with Crippen molar-refractivity contribution in [2.45, 2.75) is 20.0 Å². The van der Waals surface area contributed by atoms with E-state index in [9.17, 15) is 4.39 Å². The molecule has 1 aliphatic heterocycles. The van der Waals surface area contributed by atoms with Gasteiger partial charge in [-0.1, -0.05) is 12.1 Å². The molecule has 2 aromatic carbocycles. The van der Waals surface area contributed by atoms with Crippen molar-refractivity contribution in [3.8, 4) is 23.0 Å². The van der Waals surface area contributed by atoms with Gasteiger partial charge in [0, 0.05) is 19.3 Å². The van der Waals surface area contributed by atoms with Gasteiger partial charge in [-0.3, -0.25) is 4.98 Å². The van der Waals surface area contributed by atoms with Crippen LogP contribution in [0.1, 0.15) is 18.1 Å². The number of hydrogen-bond donors (Lipinski definition) is 2. The van der Waals surface area contributed by atoms with Crippen LogP contribution in [0.2, 0.25) is 0 Å². The minimum absolute atomic E-state index is 0. The van der Waals surface area contributed by atoms with Crippen LogP contribution in [-0.4, -0.2) is 24.3 Å². The van der Waals surface area contributed by atoms with E-state index in [2.05, 4.69) is 20.6 Å². The second kappa shape index (κ2) is 11.5. The highest BCUT2D eigenvalue weighted by molar-refractivity contribution is 14.0. The van der Waals surface area contributed by atoms with E-state index in [-0.39, 0.29) is 36.5 Å². The zero-order valence-electron chi connectivity index (χ0n) is 17.5. The predicted octanol–water partition coefficient (Wildman–Crippen LogP) is 4.62. The summed E-state index contributed by atoms with van der Waals surface area (Å²) < 4.78 is 30.7. The molecule has 4 rings (SSSR count). The molecule has 0 atom stereocenters. The Bertz CT molecular complexity index is 1070. The van der Waals surface area contributed by atoms with Gasteiger partial charge in [0.1, 0.15) is 5.75 Å². The van der Waals surface area contributed by atoms with Crippen molar-refractivity contribution in [3.63, 3.8) is 0 Å². The van der Waals surface area contributed by atoms with Crippen molar-refractivity contribution in [1.29, 1.82) is 0 Å². The normalized spacial score (nSPS) is 12.1. The van der Waals surface area contributed by atoms with E-state index in [4.69, 9.17) is 14.2 Å². The molecule has 1 aliphatic rings. The lowest BCUT2D eigenvalue weighted by atomic mass is 10.2. The van der Waals surface area contributed by atoms with Crippen LogP contribution >= 0.6 is 24.0 Å². The molecule has 2 heterocycles. The number of fused-ring (bicyclic) bond motifs is 1. The van der Waals surface area contributed by atoms with E-state index in [0.717, 1.165) is 22.6 Å². The molecule has 2 N–H and O–H groups in total. The molecule has 3 aromatic rings. The summed E-state index contributed by atoms with van der Waals surface area (Å²) in [5.74, 6) is 2.31. The Labute approximate surface area is 203 Å². The molecule has 7 nitrogen and oxygen atoms in total. The maximum atomic E-state index is 14.4. The summed E-state index contributed by atoms with van der Waals surface area (Å²) in [6.07, 6.45) is 3.17. The maximum absolute atomic E-state index is 14.4. The van der Waals surface area contributed by atoms with Gasteiger partial charge in [-0.2, -0.15) is 0 Å². The van der Waals surface area contributed by atoms with Crippen molar-refractivity contribution >= 4 is 29.9 Å². The molecular formula is C23H24FIN4O3. The minimum atomic E-state index is -0.449. The number of aromatic nitrogens is 1. The van der Waals surface area contributed by atoms with Crippen LogP contribution in [0, 0.1) is 5.82 Å². The first-order valence-corrected chi connectivity index (χ1v) is 9.98. The van der Waals surface area contributed by atoms with E-state index in [1.807, 2.05) is 25.1 Å². The zero-order valence-corrected chi connectivity index (χ0v) is 19.8. The SMILES string of the molecule is CCNC(=NCc1ccc(Oc2cccnc2)c(F)c1)NCc1ccc2c(c1)OCO2.I. The molecular weight excluding hydrogens is 526 g/mol. The molecule has 1 aromatic heterocycles. The number of aliphatic imine (C=N–C) groups is 1. The van der Waals surface area contributed by atoms with Crippen molar-refractivity contribution in [2.75, 3.05) is 13.3 Å². The second-order valence-corrected chi connectivity index (χ2v) is 6.79. The van der Waals surface area contributed by atoms with Gasteiger partial charge < -0.3 is 24.8 Å². The Hall–Kier alpha value is -3.08. The molecule has 0 radical (unpaired) electrons. The summed E-state index contributed by atoms with van der Waals surface area (Å²) in [4.78, 5) is 8.51. The van der Waals surface area contributed by atoms with Crippen LogP contribution in [0.15, 0.2) is 65.9 Å². The van der Waals surface area contributed by atoms with Crippen LogP contribution in [0.5, 0.6) is 23.0 Å². The molecule has 0 saturated heterocycles. The Kier molecular flexibility index (Phi) is 8.48. The zero-order chi connectivity index (χ0) is 21.5. The van der Waals surface area contributed by atoms with Gasteiger partial charge >= 0.3 is 0 Å². The van der Waals surface area contributed by atoms with Gasteiger partial charge in [0.25, 0.3) is 0 Å². The van der Waals surface area contributed by atoms with Crippen molar-refractivity contribution in [2.24, 2.45) is 4.99 Å². The fourth-order valence-electron chi connectivity index (χ4n) is 3.01. The molecule has 0 saturated carbocycles. The van der Waals surface area contributed by atoms with Gasteiger partial charge in [-0.05, 0) is 54.4 Å². The molecule has 0 bridgehead atoms. The number of nitrogens with zero attached hydrogens (tertiary/aromatic N) is 2. The van der Waals surface area contributed by atoms with Crippen LogP contribution < -0.4 is 24.8 Å². The maximum Gasteiger partial charge on any atom is 0.231 e. The molecule has 0 aliphatic carbocycles. The predicted molar refractivity (Wildman–Crippen MR) is 130 cm³/mol. The van der Waals surface area contributed by atoms with Crippen molar-refractivity contribution in [1.82, 2.24) is 15.6 Å². The van der Waals surface area contributed by atoms with Gasteiger partial charge in [0.2, 0.25) is 6.79 Å². The minimum Gasteiger partial charge on any atom is -0.454 e. The van der Waals surface area contributed by atoms with Gasteiger partial charge in [0.15, 0.2) is 29.0 Å². The number of benzene rings is 2. The number of ether oxygens (including phenoxy) is 3. The molecule has 0 unspecified atom stereocenters. The van der Waals surface area contributed by atoms with E-state index in [1.54, 1.807) is 30.5 Å². The summed E-state index contributed by atoms with van der Waals surface area (Å²) in [6.45, 7) is 3.83. The highest BCUT2D eigenvalue weighted by Gasteiger charge is 2.13. The summed E-state index contributed by atoms with van der Waals surface area (Å²) >= 11 is 0. The van der Waals surface area contributed by atoms with Crippen molar-refractivity contribution < 1.29 is 18.6 Å². The third-order valence-corrected chi connectivity index (χ3v) is 4.52.